The maximum Gasteiger partial charge on any atom is 0.187 e. The topological polar surface area (TPSA) is 49.2 Å². The molecule has 0 unspecified atom stereocenters. The lowest BCUT2D eigenvalue weighted by atomic mass is 9.91. The SMILES string of the molecule is CC(C)c1ccccc1-c1ccc(N2CC[C@H](Sc3ncccn3)C2)c(CO)c1. The van der Waals surface area contributed by atoms with Crippen molar-refractivity contribution in [2.24, 2.45) is 0 Å². The molecule has 1 N–H and O–H groups in total. The Bertz CT molecular complexity index is 961. The van der Waals surface area contributed by atoms with Crippen molar-refractivity contribution in [3.05, 3.63) is 72.1 Å². The zero-order valence-electron chi connectivity index (χ0n) is 17.0. The highest BCUT2D eigenvalue weighted by atomic mass is 32.2. The largest absolute Gasteiger partial charge is 0.392 e. The average molecular weight is 406 g/mol. The van der Waals surface area contributed by atoms with Crippen molar-refractivity contribution in [1.82, 2.24) is 9.97 Å². The van der Waals surface area contributed by atoms with Crippen molar-refractivity contribution in [2.75, 3.05) is 18.0 Å². The molecule has 150 valence electrons. The van der Waals surface area contributed by atoms with Gasteiger partial charge in [0.15, 0.2) is 5.16 Å². The molecule has 2 aromatic carbocycles. The molecule has 4 rings (SSSR count). The molecule has 4 nitrogen and oxygen atoms in total. The van der Waals surface area contributed by atoms with Crippen molar-refractivity contribution in [2.45, 2.75) is 43.2 Å². The maximum atomic E-state index is 10.1. The second-order valence-corrected chi connectivity index (χ2v) is 9.02. The summed E-state index contributed by atoms with van der Waals surface area (Å²) in [5, 5.41) is 11.4. The molecule has 0 spiro atoms. The number of anilines is 1. The molecule has 1 fully saturated rings. The van der Waals surface area contributed by atoms with Crippen molar-refractivity contribution in [1.29, 1.82) is 0 Å². The Labute approximate surface area is 177 Å². The first kappa shape index (κ1) is 19.9. The molecule has 2 heterocycles. The van der Waals surface area contributed by atoms with Gasteiger partial charge in [-0.3, -0.25) is 0 Å². The summed E-state index contributed by atoms with van der Waals surface area (Å²) in [6.07, 6.45) is 4.67. The second kappa shape index (κ2) is 8.97. The number of aliphatic hydroxyl groups is 1. The van der Waals surface area contributed by atoms with Gasteiger partial charge in [0.25, 0.3) is 0 Å². The molecule has 0 amide bonds. The zero-order chi connectivity index (χ0) is 20.2. The van der Waals surface area contributed by atoms with Crippen molar-refractivity contribution >= 4 is 17.4 Å². The van der Waals surface area contributed by atoms with Crippen LogP contribution in [0.1, 0.15) is 37.3 Å². The van der Waals surface area contributed by atoms with Crippen LogP contribution in [0.2, 0.25) is 0 Å². The predicted molar refractivity (Wildman–Crippen MR) is 120 cm³/mol. The summed E-state index contributed by atoms with van der Waals surface area (Å²) < 4.78 is 0. The van der Waals surface area contributed by atoms with Crippen LogP contribution in [0.4, 0.5) is 5.69 Å². The number of hydrogen-bond acceptors (Lipinski definition) is 5. The van der Waals surface area contributed by atoms with Crippen LogP contribution in [0.25, 0.3) is 11.1 Å². The summed E-state index contributed by atoms with van der Waals surface area (Å²) in [5.74, 6) is 0.458. The van der Waals surface area contributed by atoms with Gasteiger partial charge < -0.3 is 10.0 Å². The Morgan fingerprint density at radius 3 is 2.66 bits per heavy atom. The van der Waals surface area contributed by atoms with Crippen LogP contribution in [-0.4, -0.2) is 33.4 Å². The van der Waals surface area contributed by atoms with Gasteiger partial charge in [0.1, 0.15) is 0 Å². The minimum atomic E-state index is 0.0448. The van der Waals surface area contributed by atoms with Crippen LogP contribution in [0.15, 0.2) is 66.1 Å². The summed E-state index contributed by atoms with van der Waals surface area (Å²) in [4.78, 5) is 11.0. The number of hydrogen-bond donors (Lipinski definition) is 1. The molecular weight excluding hydrogens is 378 g/mol. The number of aromatic nitrogens is 2. The Morgan fingerprint density at radius 1 is 1.10 bits per heavy atom. The summed E-state index contributed by atoms with van der Waals surface area (Å²) >= 11 is 1.74. The lowest BCUT2D eigenvalue weighted by Crippen LogP contribution is -2.21. The second-order valence-electron chi connectivity index (χ2n) is 7.75. The normalized spacial score (nSPS) is 16.6. The molecule has 1 aliphatic heterocycles. The zero-order valence-corrected chi connectivity index (χ0v) is 17.8. The van der Waals surface area contributed by atoms with E-state index in [-0.39, 0.29) is 6.61 Å². The molecule has 1 aromatic heterocycles. The molecule has 0 saturated carbocycles. The van der Waals surface area contributed by atoms with E-state index in [0.29, 0.717) is 11.2 Å². The van der Waals surface area contributed by atoms with Gasteiger partial charge in [-0.2, -0.15) is 0 Å². The summed E-state index contributed by atoms with van der Waals surface area (Å²) in [5.41, 5.74) is 5.88. The fourth-order valence-electron chi connectivity index (χ4n) is 3.99. The first-order valence-electron chi connectivity index (χ1n) is 10.2. The van der Waals surface area contributed by atoms with E-state index in [1.807, 2.05) is 6.07 Å². The van der Waals surface area contributed by atoms with E-state index >= 15 is 0 Å². The Morgan fingerprint density at radius 2 is 1.90 bits per heavy atom. The van der Waals surface area contributed by atoms with Gasteiger partial charge in [0, 0.05) is 42.0 Å². The lowest BCUT2D eigenvalue weighted by Gasteiger charge is -2.23. The van der Waals surface area contributed by atoms with E-state index in [1.165, 1.54) is 16.7 Å². The van der Waals surface area contributed by atoms with Gasteiger partial charge in [-0.1, -0.05) is 55.9 Å². The number of nitrogens with zero attached hydrogens (tertiary/aromatic N) is 3. The fraction of sp³-hybridized carbons (Fsp3) is 0.333. The molecule has 0 bridgehead atoms. The molecule has 1 atom stereocenters. The van der Waals surface area contributed by atoms with Gasteiger partial charge in [-0.15, -0.1) is 0 Å². The van der Waals surface area contributed by atoms with Crippen molar-refractivity contribution < 1.29 is 5.11 Å². The molecule has 0 radical (unpaired) electrons. The smallest absolute Gasteiger partial charge is 0.187 e. The molecule has 1 saturated heterocycles. The first-order valence-corrected chi connectivity index (χ1v) is 11.1. The minimum Gasteiger partial charge on any atom is -0.392 e. The highest BCUT2D eigenvalue weighted by molar-refractivity contribution is 7.99. The summed E-state index contributed by atoms with van der Waals surface area (Å²) in [6.45, 7) is 6.41. The average Bonchev–Trinajstić information content (AvgIpc) is 3.22. The third kappa shape index (κ3) is 4.46. The van der Waals surface area contributed by atoms with E-state index in [4.69, 9.17) is 0 Å². The van der Waals surface area contributed by atoms with Gasteiger partial charge in [-0.25, -0.2) is 9.97 Å². The Balaban J connectivity index is 1.55. The van der Waals surface area contributed by atoms with Gasteiger partial charge >= 0.3 is 0 Å². The van der Waals surface area contributed by atoms with E-state index in [9.17, 15) is 5.11 Å². The fourth-order valence-corrected chi connectivity index (χ4v) is 5.01. The van der Waals surface area contributed by atoms with Crippen LogP contribution in [0.3, 0.4) is 0 Å². The maximum absolute atomic E-state index is 10.1. The number of benzene rings is 2. The number of thioether (sulfide) groups is 1. The molecular formula is C24H27N3OS. The highest BCUT2D eigenvalue weighted by Crippen LogP contribution is 2.35. The third-order valence-corrected chi connectivity index (χ3v) is 6.58. The monoisotopic (exact) mass is 405 g/mol. The molecule has 1 aliphatic rings. The van der Waals surface area contributed by atoms with E-state index in [2.05, 4.69) is 71.2 Å². The highest BCUT2D eigenvalue weighted by Gasteiger charge is 2.26. The summed E-state index contributed by atoms with van der Waals surface area (Å²) in [7, 11) is 0. The van der Waals surface area contributed by atoms with E-state index < -0.39 is 0 Å². The van der Waals surface area contributed by atoms with Crippen molar-refractivity contribution in [3.63, 3.8) is 0 Å². The quantitative estimate of drug-likeness (QED) is 0.576. The standard InChI is InChI=1S/C24H27N3OS/c1-17(2)21-6-3-4-7-22(21)18-8-9-23(19(14-18)16-28)27-13-10-20(15-27)29-24-25-11-5-12-26-24/h3-9,11-12,14,17,20,28H,10,13,15-16H2,1-2H3/t20-/m0/s1. The van der Waals surface area contributed by atoms with Crippen LogP contribution in [0.5, 0.6) is 0 Å². The van der Waals surface area contributed by atoms with Gasteiger partial charge in [0.2, 0.25) is 0 Å². The Kier molecular flexibility index (Phi) is 6.16. The number of aliphatic hydroxyl groups excluding tert-OH is 1. The molecule has 3 aromatic rings. The van der Waals surface area contributed by atoms with E-state index in [0.717, 1.165) is 35.9 Å². The van der Waals surface area contributed by atoms with Crippen molar-refractivity contribution in [3.8, 4) is 11.1 Å². The predicted octanol–water partition coefficient (Wildman–Crippen LogP) is 5.13. The molecule has 29 heavy (non-hydrogen) atoms. The third-order valence-electron chi connectivity index (χ3n) is 5.44. The molecule has 5 heteroatoms. The Hall–Kier alpha value is -2.37. The van der Waals surface area contributed by atoms with Gasteiger partial charge in [0.05, 0.1) is 6.61 Å². The lowest BCUT2D eigenvalue weighted by molar-refractivity contribution is 0.282. The first-order chi connectivity index (χ1) is 14.2. The van der Waals surface area contributed by atoms with Crippen LogP contribution in [0, 0.1) is 0 Å². The number of rotatable bonds is 6. The minimum absolute atomic E-state index is 0.0448. The van der Waals surface area contributed by atoms with Crippen LogP contribution >= 0.6 is 11.8 Å². The van der Waals surface area contributed by atoms with Gasteiger partial charge in [-0.05, 0) is 47.2 Å². The van der Waals surface area contributed by atoms with E-state index in [1.54, 1.807) is 24.2 Å². The van der Waals surface area contributed by atoms with Crippen LogP contribution < -0.4 is 4.90 Å². The summed E-state index contributed by atoms with van der Waals surface area (Å²) in [6, 6.07) is 16.9. The van der Waals surface area contributed by atoms with Crippen LogP contribution in [-0.2, 0) is 6.61 Å². The molecule has 0 aliphatic carbocycles.